The average molecular weight is 444 g/mol. The third-order valence-corrected chi connectivity index (χ3v) is 6.86. The van der Waals surface area contributed by atoms with Crippen LogP contribution in [0.4, 0.5) is 0 Å². The van der Waals surface area contributed by atoms with E-state index in [1.54, 1.807) is 6.92 Å². The van der Waals surface area contributed by atoms with Crippen molar-refractivity contribution in [2.75, 3.05) is 0 Å². The molecule has 0 unspecified atom stereocenters. The first kappa shape index (κ1) is 21.8. The summed E-state index contributed by atoms with van der Waals surface area (Å²) in [5.74, 6) is -0.113. The first-order valence-corrected chi connectivity index (χ1v) is 11.2. The van der Waals surface area contributed by atoms with E-state index in [4.69, 9.17) is 4.74 Å². The number of aromatic carboxylic acids is 1. The number of carboxylic acids is 1. The number of aryl methyl sites for hydroxylation is 1. The third-order valence-electron chi connectivity index (χ3n) is 5.67. The van der Waals surface area contributed by atoms with Crippen LogP contribution in [-0.2, 0) is 12.0 Å². The molecule has 0 saturated carbocycles. The topological polar surface area (TPSA) is 59.4 Å². The zero-order chi connectivity index (χ0) is 22.7. The van der Waals surface area contributed by atoms with Crippen molar-refractivity contribution in [3.63, 3.8) is 0 Å². The molecule has 0 aliphatic heterocycles. The summed E-state index contributed by atoms with van der Waals surface area (Å²) in [6.45, 7) is 6.63. The first-order valence-electron chi connectivity index (χ1n) is 10.4. The van der Waals surface area contributed by atoms with E-state index in [0.717, 1.165) is 16.9 Å². The molecule has 1 heterocycles. The second-order valence-corrected chi connectivity index (χ2v) is 9.24. The van der Waals surface area contributed by atoms with Gasteiger partial charge in [-0.2, -0.15) is 0 Å². The van der Waals surface area contributed by atoms with E-state index in [0.29, 0.717) is 17.3 Å². The Labute approximate surface area is 192 Å². The van der Waals surface area contributed by atoms with E-state index in [1.807, 2.05) is 42.5 Å². The van der Waals surface area contributed by atoms with Gasteiger partial charge in [-0.15, -0.1) is 11.3 Å². The number of rotatable bonds is 7. The maximum atomic E-state index is 11.2. The monoisotopic (exact) mass is 443 g/mol. The Morgan fingerprint density at radius 1 is 0.938 bits per heavy atom. The smallest absolute Gasteiger partial charge is 0.347 e. The van der Waals surface area contributed by atoms with Gasteiger partial charge in [-0.25, -0.2) is 9.78 Å². The lowest BCUT2D eigenvalue weighted by Gasteiger charge is -2.26. The van der Waals surface area contributed by atoms with E-state index in [1.165, 1.54) is 22.5 Å². The summed E-state index contributed by atoms with van der Waals surface area (Å²) in [5.41, 5.74) is 4.92. The maximum Gasteiger partial charge on any atom is 0.347 e. The Bertz CT molecular complexity index is 1210. The fraction of sp³-hybridized carbons (Fsp3) is 0.185. The van der Waals surface area contributed by atoms with E-state index in [2.05, 4.69) is 55.2 Å². The molecule has 0 aliphatic carbocycles. The average Bonchev–Trinajstić information content (AvgIpc) is 3.21. The van der Waals surface area contributed by atoms with Gasteiger partial charge in [0.05, 0.1) is 5.69 Å². The van der Waals surface area contributed by atoms with Gasteiger partial charge in [-0.3, -0.25) is 0 Å². The molecule has 0 spiro atoms. The Hall–Kier alpha value is -3.44. The molecule has 0 fully saturated rings. The minimum Gasteiger partial charge on any atom is -0.489 e. The molecule has 0 saturated heterocycles. The van der Waals surface area contributed by atoms with Crippen molar-refractivity contribution in [3.8, 4) is 16.3 Å². The quantitative estimate of drug-likeness (QED) is 0.344. The molecule has 1 N–H and O–H groups in total. The molecule has 0 amide bonds. The number of nitrogens with zero attached hydrogens (tertiary/aromatic N) is 1. The van der Waals surface area contributed by atoms with Crippen LogP contribution in [0.1, 0.15) is 45.9 Å². The van der Waals surface area contributed by atoms with E-state index in [9.17, 15) is 9.90 Å². The van der Waals surface area contributed by atoms with Gasteiger partial charge in [0.15, 0.2) is 0 Å². The van der Waals surface area contributed by atoms with Gasteiger partial charge in [0, 0.05) is 11.0 Å². The number of thiazole rings is 1. The van der Waals surface area contributed by atoms with Crippen molar-refractivity contribution in [2.45, 2.75) is 32.8 Å². The highest BCUT2D eigenvalue weighted by molar-refractivity contribution is 7.17. The van der Waals surface area contributed by atoms with Crippen LogP contribution >= 0.6 is 11.3 Å². The molecule has 0 atom stereocenters. The van der Waals surface area contributed by atoms with Crippen LogP contribution in [0, 0.1) is 6.92 Å². The van der Waals surface area contributed by atoms with Crippen LogP contribution in [-0.4, -0.2) is 16.1 Å². The predicted octanol–water partition coefficient (Wildman–Crippen LogP) is 6.72. The lowest BCUT2D eigenvalue weighted by molar-refractivity contribution is 0.0701. The van der Waals surface area contributed by atoms with Crippen LogP contribution in [0.15, 0.2) is 78.9 Å². The summed E-state index contributed by atoms with van der Waals surface area (Å²) >= 11 is 1.20. The molecule has 4 rings (SSSR count). The lowest BCUT2D eigenvalue weighted by atomic mass is 9.78. The highest BCUT2D eigenvalue weighted by Crippen LogP contribution is 2.32. The highest BCUT2D eigenvalue weighted by Gasteiger charge is 2.22. The largest absolute Gasteiger partial charge is 0.489 e. The number of benzene rings is 3. The van der Waals surface area contributed by atoms with Gasteiger partial charge in [0.1, 0.15) is 22.2 Å². The standard InChI is InChI=1S/C27H25NO3S/c1-18-24(26(29)30)32-25(28-18)20-11-9-19(10-12-20)17-31-23-15-13-22(14-16-23)27(2,3)21-7-5-4-6-8-21/h4-16H,17H2,1-3H3,(H,29,30). The molecular formula is C27H25NO3S. The van der Waals surface area contributed by atoms with E-state index < -0.39 is 5.97 Å². The molecule has 0 bridgehead atoms. The molecule has 4 aromatic rings. The lowest BCUT2D eigenvalue weighted by Crippen LogP contribution is -2.18. The summed E-state index contributed by atoms with van der Waals surface area (Å²) in [6.07, 6.45) is 0. The maximum absolute atomic E-state index is 11.2. The summed E-state index contributed by atoms with van der Waals surface area (Å²) in [6, 6.07) is 26.6. The van der Waals surface area contributed by atoms with Gasteiger partial charge >= 0.3 is 5.97 Å². The fourth-order valence-electron chi connectivity index (χ4n) is 3.62. The molecule has 0 radical (unpaired) electrons. The van der Waals surface area contributed by atoms with Crippen molar-refractivity contribution in [1.29, 1.82) is 0 Å². The van der Waals surface area contributed by atoms with Gasteiger partial charge in [0.2, 0.25) is 0 Å². The van der Waals surface area contributed by atoms with Crippen molar-refractivity contribution in [1.82, 2.24) is 4.98 Å². The van der Waals surface area contributed by atoms with Crippen molar-refractivity contribution in [2.24, 2.45) is 0 Å². The van der Waals surface area contributed by atoms with Crippen LogP contribution in [0.5, 0.6) is 5.75 Å². The normalized spacial score (nSPS) is 11.3. The summed E-state index contributed by atoms with van der Waals surface area (Å²) in [4.78, 5) is 15.9. The zero-order valence-electron chi connectivity index (χ0n) is 18.3. The Kier molecular flexibility index (Phi) is 6.10. The second kappa shape index (κ2) is 8.97. The molecule has 5 heteroatoms. The molecule has 1 aromatic heterocycles. The van der Waals surface area contributed by atoms with Crippen LogP contribution in [0.25, 0.3) is 10.6 Å². The number of hydrogen-bond donors (Lipinski definition) is 1. The van der Waals surface area contributed by atoms with Crippen molar-refractivity contribution < 1.29 is 14.6 Å². The highest BCUT2D eigenvalue weighted by atomic mass is 32.1. The second-order valence-electron chi connectivity index (χ2n) is 8.24. The number of ether oxygens (including phenoxy) is 1. The summed E-state index contributed by atoms with van der Waals surface area (Å²) < 4.78 is 5.97. The summed E-state index contributed by atoms with van der Waals surface area (Å²) in [7, 11) is 0. The van der Waals surface area contributed by atoms with Crippen LogP contribution in [0.3, 0.4) is 0 Å². The predicted molar refractivity (Wildman–Crippen MR) is 129 cm³/mol. The van der Waals surface area contributed by atoms with E-state index in [-0.39, 0.29) is 10.3 Å². The number of carbonyl (C=O) groups is 1. The van der Waals surface area contributed by atoms with Crippen LogP contribution in [0.2, 0.25) is 0 Å². The zero-order valence-corrected chi connectivity index (χ0v) is 19.1. The Balaban J connectivity index is 1.41. The Morgan fingerprint density at radius 3 is 2.16 bits per heavy atom. The SMILES string of the molecule is Cc1nc(-c2ccc(COc3ccc(C(C)(C)c4ccccc4)cc3)cc2)sc1C(=O)O. The number of aromatic nitrogens is 1. The molecule has 4 nitrogen and oxygen atoms in total. The first-order chi connectivity index (χ1) is 15.3. The minimum atomic E-state index is -0.936. The van der Waals surface area contributed by atoms with Crippen molar-refractivity contribution in [3.05, 3.63) is 106 Å². The molecule has 162 valence electrons. The third kappa shape index (κ3) is 4.58. The fourth-order valence-corrected chi connectivity index (χ4v) is 4.53. The van der Waals surface area contributed by atoms with Gasteiger partial charge in [-0.1, -0.05) is 80.6 Å². The molecule has 0 aliphatic rings. The summed E-state index contributed by atoms with van der Waals surface area (Å²) in [5, 5.41) is 9.93. The minimum absolute atomic E-state index is 0.0791. The van der Waals surface area contributed by atoms with Crippen LogP contribution < -0.4 is 4.74 Å². The van der Waals surface area contributed by atoms with E-state index >= 15 is 0 Å². The van der Waals surface area contributed by atoms with Crippen molar-refractivity contribution >= 4 is 17.3 Å². The van der Waals surface area contributed by atoms with Gasteiger partial charge < -0.3 is 9.84 Å². The van der Waals surface area contributed by atoms with Gasteiger partial charge in [0.25, 0.3) is 0 Å². The molecule has 3 aromatic carbocycles. The molecular weight excluding hydrogens is 418 g/mol. The number of hydrogen-bond acceptors (Lipinski definition) is 4. The number of carboxylic acid groups (broad SMARTS) is 1. The molecule has 32 heavy (non-hydrogen) atoms. The van der Waals surface area contributed by atoms with Gasteiger partial charge in [-0.05, 0) is 35.7 Å². The Morgan fingerprint density at radius 2 is 1.56 bits per heavy atom.